The maximum Gasteiger partial charge on any atom is 0.116 e. The molecular weight excluding hydrogens is 288 g/mol. The minimum absolute atomic E-state index is 0.220. The fourth-order valence-electron chi connectivity index (χ4n) is 3.89. The number of benzene rings is 4. The zero-order chi connectivity index (χ0) is 15.7. The Morgan fingerprint density at radius 1 is 0.652 bits per heavy atom. The lowest BCUT2D eigenvalue weighted by atomic mass is 9.81. The quantitative estimate of drug-likeness (QED) is 0.431. The van der Waals surface area contributed by atoms with E-state index in [2.05, 4.69) is 0 Å². The highest BCUT2D eigenvalue weighted by molar-refractivity contribution is 6.20. The van der Waals surface area contributed by atoms with Crippen molar-refractivity contribution in [3.05, 3.63) is 65.7 Å². The number of fused-ring (bicyclic) bond motifs is 2. The Bertz CT molecular complexity index is 1110. The van der Waals surface area contributed by atoms with Crippen molar-refractivity contribution in [2.24, 2.45) is 0 Å². The van der Waals surface area contributed by atoms with Crippen LogP contribution in [-0.2, 0) is 0 Å². The molecule has 3 nitrogen and oxygen atoms in total. The second-order valence-corrected chi connectivity index (χ2v) is 6.19. The summed E-state index contributed by atoms with van der Waals surface area (Å²) in [6, 6.07) is 17.0. The van der Waals surface area contributed by atoms with Crippen LogP contribution >= 0.6 is 0 Å². The van der Waals surface area contributed by atoms with Gasteiger partial charge in [0.25, 0.3) is 0 Å². The SMILES string of the molecule is Oc1ccc2cc3c4c(ccc5cccc(c54)C(O)C3O)c2c1. The molecule has 0 saturated carbocycles. The van der Waals surface area contributed by atoms with E-state index in [-0.39, 0.29) is 5.75 Å². The minimum atomic E-state index is -0.948. The molecule has 1 aliphatic carbocycles. The van der Waals surface area contributed by atoms with Gasteiger partial charge in [0, 0.05) is 0 Å². The first-order chi connectivity index (χ1) is 11.1. The molecule has 0 saturated heterocycles. The Labute approximate surface area is 132 Å². The third-order valence-corrected chi connectivity index (χ3v) is 4.94. The molecule has 3 heteroatoms. The van der Waals surface area contributed by atoms with Gasteiger partial charge in [-0.25, -0.2) is 0 Å². The Kier molecular flexibility index (Phi) is 2.36. The van der Waals surface area contributed by atoms with Crippen molar-refractivity contribution in [3.8, 4) is 5.75 Å². The lowest BCUT2D eigenvalue weighted by Gasteiger charge is -2.28. The van der Waals surface area contributed by atoms with Crippen molar-refractivity contribution in [3.63, 3.8) is 0 Å². The van der Waals surface area contributed by atoms with Gasteiger partial charge in [0.15, 0.2) is 0 Å². The van der Waals surface area contributed by atoms with Crippen LogP contribution in [0.3, 0.4) is 0 Å². The van der Waals surface area contributed by atoms with Crippen LogP contribution in [0.2, 0.25) is 0 Å². The van der Waals surface area contributed by atoms with E-state index in [4.69, 9.17) is 0 Å². The van der Waals surface area contributed by atoms with Crippen molar-refractivity contribution in [1.29, 1.82) is 0 Å². The molecule has 0 heterocycles. The maximum absolute atomic E-state index is 10.6. The Hall–Kier alpha value is -2.62. The van der Waals surface area contributed by atoms with Crippen molar-refractivity contribution >= 4 is 32.3 Å². The summed E-state index contributed by atoms with van der Waals surface area (Å²) in [4.78, 5) is 0. The summed E-state index contributed by atoms with van der Waals surface area (Å²) in [5, 5.41) is 36.8. The second-order valence-electron chi connectivity index (χ2n) is 6.19. The molecule has 2 atom stereocenters. The highest BCUT2D eigenvalue weighted by atomic mass is 16.3. The average molecular weight is 302 g/mol. The highest BCUT2D eigenvalue weighted by Gasteiger charge is 2.30. The molecule has 23 heavy (non-hydrogen) atoms. The van der Waals surface area contributed by atoms with E-state index in [9.17, 15) is 15.3 Å². The first kappa shape index (κ1) is 12.9. The fourth-order valence-corrected chi connectivity index (χ4v) is 3.89. The number of phenols is 1. The van der Waals surface area contributed by atoms with Crippen LogP contribution in [0.5, 0.6) is 5.75 Å². The van der Waals surface area contributed by atoms with Crippen molar-refractivity contribution in [2.75, 3.05) is 0 Å². The predicted octanol–water partition coefficient (Wildman–Crippen LogP) is 3.93. The molecule has 0 aliphatic heterocycles. The summed E-state index contributed by atoms with van der Waals surface area (Å²) in [7, 11) is 0. The third-order valence-electron chi connectivity index (χ3n) is 4.94. The van der Waals surface area contributed by atoms with Gasteiger partial charge in [0.2, 0.25) is 0 Å². The van der Waals surface area contributed by atoms with Crippen LogP contribution in [0.25, 0.3) is 32.3 Å². The Morgan fingerprint density at radius 3 is 2.30 bits per heavy atom. The van der Waals surface area contributed by atoms with Gasteiger partial charge in [0.1, 0.15) is 18.0 Å². The van der Waals surface area contributed by atoms with Gasteiger partial charge in [0.05, 0.1) is 0 Å². The summed E-state index contributed by atoms with van der Waals surface area (Å²) < 4.78 is 0. The molecule has 2 unspecified atom stereocenters. The summed E-state index contributed by atoms with van der Waals surface area (Å²) in [5.74, 6) is 0.220. The normalized spacial score (nSPS) is 19.9. The zero-order valence-electron chi connectivity index (χ0n) is 12.2. The van der Waals surface area contributed by atoms with Gasteiger partial charge < -0.3 is 15.3 Å². The summed E-state index contributed by atoms with van der Waals surface area (Å²) in [5.41, 5.74) is 1.50. The zero-order valence-corrected chi connectivity index (χ0v) is 12.2. The predicted molar refractivity (Wildman–Crippen MR) is 90.5 cm³/mol. The Balaban J connectivity index is 2.13. The first-order valence-corrected chi connectivity index (χ1v) is 7.62. The molecule has 3 N–H and O–H groups in total. The van der Waals surface area contributed by atoms with E-state index in [1.54, 1.807) is 12.1 Å². The number of phenolic OH excluding ortho intramolecular Hbond substituents is 1. The van der Waals surface area contributed by atoms with Gasteiger partial charge >= 0.3 is 0 Å². The molecule has 5 rings (SSSR count). The fraction of sp³-hybridized carbons (Fsp3) is 0.100. The van der Waals surface area contributed by atoms with Gasteiger partial charge in [-0.2, -0.15) is 0 Å². The average Bonchev–Trinajstić information content (AvgIpc) is 2.58. The lowest BCUT2D eigenvalue weighted by Crippen LogP contribution is -2.15. The lowest BCUT2D eigenvalue weighted by molar-refractivity contribution is 0.0179. The van der Waals surface area contributed by atoms with E-state index in [1.807, 2.05) is 42.5 Å². The number of aromatic hydroxyl groups is 1. The first-order valence-electron chi connectivity index (χ1n) is 7.62. The van der Waals surface area contributed by atoms with Crippen LogP contribution in [0.1, 0.15) is 23.3 Å². The van der Waals surface area contributed by atoms with Crippen molar-refractivity contribution in [2.45, 2.75) is 12.2 Å². The van der Waals surface area contributed by atoms with Crippen LogP contribution in [-0.4, -0.2) is 15.3 Å². The molecule has 0 bridgehead atoms. The van der Waals surface area contributed by atoms with Gasteiger partial charge in [-0.05, 0) is 61.6 Å². The standard InChI is InChI=1S/C20H14O3/c21-12-6-4-11-8-16-18-13(15(11)9-12)7-5-10-2-1-3-14(17(10)18)19(22)20(16)23/h1-9,19-23H. The van der Waals surface area contributed by atoms with E-state index in [0.717, 1.165) is 43.4 Å². The number of aliphatic hydroxyl groups is 2. The topological polar surface area (TPSA) is 60.7 Å². The smallest absolute Gasteiger partial charge is 0.116 e. The van der Waals surface area contributed by atoms with Gasteiger partial charge in [-0.15, -0.1) is 0 Å². The Morgan fingerprint density at radius 2 is 1.43 bits per heavy atom. The third kappa shape index (κ3) is 1.55. The molecule has 0 aromatic heterocycles. The largest absolute Gasteiger partial charge is 0.508 e. The summed E-state index contributed by atoms with van der Waals surface area (Å²) >= 11 is 0. The molecular formula is C20H14O3. The van der Waals surface area contributed by atoms with Crippen molar-refractivity contribution in [1.82, 2.24) is 0 Å². The molecule has 0 fully saturated rings. The van der Waals surface area contributed by atoms with Crippen LogP contribution in [0, 0.1) is 0 Å². The molecule has 0 amide bonds. The maximum atomic E-state index is 10.6. The molecule has 4 aromatic carbocycles. The van der Waals surface area contributed by atoms with Gasteiger partial charge in [-0.1, -0.05) is 36.4 Å². The summed E-state index contributed by atoms with van der Waals surface area (Å²) in [6.45, 7) is 0. The van der Waals surface area contributed by atoms with Crippen LogP contribution in [0.15, 0.2) is 54.6 Å². The molecule has 1 aliphatic rings. The monoisotopic (exact) mass is 302 g/mol. The molecule has 4 aromatic rings. The molecule has 0 radical (unpaired) electrons. The molecule has 0 spiro atoms. The van der Waals surface area contributed by atoms with E-state index in [0.29, 0.717) is 0 Å². The number of aliphatic hydroxyl groups excluding tert-OH is 2. The number of hydrogen-bond donors (Lipinski definition) is 3. The number of hydrogen-bond acceptors (Lipinski definition) is 3. The second kappa shape index (κ2) is 4.22. The van der Waals surface area contributed by atoms with Crippen molar-refractivity contribution < 1.29 is 15.3 Å². The summed E-state index contributed by atoms with van der Waals surface area (Å²) in [6.07, 6.45) is -1.87. The van der Waals surface area contributed by atoms with E-state index < -0.39 is 12.2 Å². The highest BCUT2D eigenvalue weighted by Crippen LogP contribution is 2.47. The molecule has 112 valence electrons. The van der Waals surface area contributed by atoms with Crippen LogP contribution < -0.4 is 0 Å². The van der Waals surface area contributed by atoms with Crippen LogP contribution in [0.4, 0.5) is 0 Å². The van der Waals surface area contributed by atoms with E-state index >= 15 is 0 Å². The number of rotatable bonds is 0. The van der Waals surface area contributed by atoms with E-state index in [1.165, 1.54) is 0 Å². The minimum Gasteiger partial charge on any atom is -0.508 e. The van der Waals surface area contributed by atoms with Gasteiger partial charge in [-0.3, -0.25) is 0 Å².